The van der Waals surface area contributed by atoms with E-state index in [0.29, 0.717) is 6.42 Å². The SMILES string of the molecule is CCCC[C@H](C)[C@H](O)/C=C/C1CC(F)(F)C(=O)N1CCc1ccc(C(=O)O)cc1. The second-order valence-corrected chi connectivity index (χ2v) is 7.72. The number of aliphatic hydroxyl groups is 1. The Labute approximate surface area is 170 Å². The number of carbonyl (C=O) groups is 2. The summed E-state index contributed by atoms with van der Waals surface area (Å²) < 4.78 is 28.0. The van der Waals surface area contributed by atoms with Gasteiger partial charge >= 0.3 is 11.9 Å². The van der Waals surface area contributed by atoms with Gasteiger partial charge in [-0.15, -0.1) is 0 Å². The van der Waals surface area contributed by atoms with Crippen LogP contribution in [0.15, 0.2) is 36.4 Å². The fraction of sp³-hybridized carbons (Fsp3) is 0.545. The van der Waals surface area contributed by atoms with Gasteiger partial charge < -0.3 is 15.1 Å². The van der Waals surface area contributed by atoms with Gasteiger partial charge in [-0.05, 0) is 36.5 Å². The van der Waals surface area contributed by atoms with Gasteiger partial charge in [0.1, 0.15) is 0 Å². The van der Waals surface area contributed by atoms with Crippen LogP contribution in [0, 0.1) is 5.92 Å². The Kier molecular flexibility index (Phi) is 7.90. The van der Waals surface area contributed by atoms with Crippen LogP contribution in [0.2, 0.25) is 0 Å². The molecule has 1 saturated heterocycles. The number of alkyl halides is 2. The zero-order chi connectivity index (χ0) is 21.6. The molecular formula is C22H29F2NO4. The Morgan fingerprint density at radius 1 is 1.34 bits per heavy atom. The standard InChI is InChI=1S/C22H29F2NO4/c1-3-4-5-15(2)19(26)11-10-18-14-22(23,24)21(29)25(18)13-12-16-6-8-17(9-7-16)20(27)28/h6-11,15,18-19,26H,3-5,12-14H2,1-2H3,(H,27,28)/b11-10+/t15-,18?,19+/m0/s1. The summed E-state index contributed by atoms with van der Waals surface area (Å²) in [7, 11) is 0. The molecule has 0 bridgehead atoms. The number of nitrogens with zero attached hydrogens (tertiary/aromatic N) is 1. The minimum absolute atomic E-state index is 0.0185. The van der Waals surface area contributed by atoms with Crippen molar-refractivity contribution in [3.63, 3.8) is 0 Å². The average Bonchev–Trinajstić information content (AvgIpc) is 2.91. The molecule has 0 saturated carbocycles. The van der Waals surface area contributed by atoms with E-state index in [-0.39, 0.29) is 18.0 Å². The highest BCUT2D eigenvalue weighted by Gasteiger charge is 2.52. The molecule has 1 heterocycles. The van der Waals surface area contributed by atoms with Crippen molar-refractivity contribution in [3.8, 4) is 0 Å². The van der Waals surface area contributed by atoms with Crippen LogP contribution in [0.1, 0.15) is 55.5 Å². The Morgan fingerprint density at radius 3 is 2.59 bits per heavy atom. The number of aromatic carboxylic acids is 1. The average molecular weight is 409 g/mol. The van der Waals surface area contributed by atoms with Crippen molar-refractivity contribution >= 4 is 11.9 Å². The first-order chi connectivity index (χ1) is 13.7. The molecule has 1 aromatic carbocycles. The Balaban J connectivity index is 2.03. The van der Waals surface area contributed by atoms with Crippen molar-refractivity contribution < 1.29 is 28.6 Å². The quantitative estimate of drug-likeness (QED) is 0.575. The van der Waals surface area contributed by atoms with Crippen LogP contribution in [-0.4, -0.2) is 51.6 Å². The van der Waals surface area contributed by atoms with Gasteiger partial charge in [-0.25, -0.2) is 4.79 Å². The van der Waals surface area contributed by atoms with Gasteiger partial charge in [-0.1, -0.05) is 51.0 Å². The molecule has 0 aliphatic carbocycles. The molecule has 160 valence electrons. The fourth-order valence-electron chi connectivity index (χ4n) is 3.45. The predicted octanol–water partition coefficient (Wildman–Crippen LogP) is 3.91. The summed E-state index contributed by atoms with van der Waals surface area (Å²) in [5.74, 6) is -5.64. The molecule has 1 amide bonds. The molecular weight excluding hydrogens is 380 g/mol. The lowest BCUT2D eigenvalue weighted by Gasteiger charge is -2.22. The van der Waals surface area contributed by atoms with E-state index in [1.54, 1.807) is 12.1 Å². The molecule has 1 aromatic rings. The molecule has 2 N–H and O–H groups in total. The zero-order valence-electron chi connectivity index (χ0n) is 16.9. The molecule has 0 aromatic heterocycles. The monoisotopic (exact) mass is 409 g/mol. The van der Waals surface area contributed by atoms with Gasteiger partial charge in [0.15, 0.2) is 0 Å². The van der Waals surface area contributed by atoms with Crippen molar-refractivity contribution in [3.05, 3.63) is 47.5 Å². The van der Waals surface area contributed by atoms with Crippen molar-refractivity contribution in [2.75, 3.05) is 6.54 Å². The van der Waals surface area contributed by atoms with E-state index in [0.717, 1.165) is 29.7 Å². The molecule has 7 heteroatoms. The molecule has 1 aliphatic heterocycles. The van der Waals surface area contributed by atoms with Crippen molar-refractivity contribution in [2.24, 2.45) is 5.92 Å². The predicted molar refractivity (Wildman–Crippen MR) is 106 cm³/mol. The van der Waals surface area contributed by atoms with Crippen molar-refractivity contribution in [1.82, 2.24) is 4.90 Å². The molecule has 0 radical (unpaired) electrons. The van der Waals surface area contributed by atoms with Crippen molar-refractivity contribution in [1.29, 1.82) is 0 Å². The van der Waals surface area contributed by atoms with Gasteiger partial charge in [-0.3, -0.25) is 4.79 Å². The van der Waals surface area contributed by atoms with E-state index in [1.807, 2.05) is 6.92 Å². The summed E-state index contributed by atoms with van der Waals surface area (Å²) in [4.78, 5) is 24.2. The Hall–Kier alpha value is -2.28. The number of carbonyl (C=O) groups excluding carboxylic acids is 1. The van der Waals surface area contributed by atoms with Gasteiger partial charge in [0.05, 0.1) is 17.7 Å². The van der Waals surface area contributed by atoms with Crippen LogP contribution in [0.5, 0.6) is 0 Å². The molecule has 1 aliphatic rings. The first-order valence-electron chi connectivity index (χ1n) is 10.0. The number of carboxylic acid groups (broad SMARTS) is 1. The third kappa shape index (κ3) is 6.10. The highest BCUT2D eigenvalue weighted by molar-refractivity contribution is 5.87. The topological polar surface area (TPSA) is 77.8 Å². The number of amides is 1. The van der Waals surface area contributed by atoms with Gasteiger partial charge in [0.25, 0.3) is 5.91 Å². The van der Waals surface area contributed by atoms with Gasteiger partial charge in [0, 0.05) is 13.0 Å². The number of unbranched alkanes of at least 4 members (excludes halogenated alkanes) is 1. The fourth-order valence-corrected chi connectivity index (χ4v) is 3.45. The number of halogens is 2. The molecule has 3 atom stereocenters. The third-order valence-corrected chi connectivity index (χ3v) is 5.41. The lowest BCUT2D eigenvalue weighted by atomic mass is 9.97. The van der Waals surface area contributed by atoms with Gasteiger partial charge in [-0.2, -0.15) is 8.78 Å². The maximum Gasteiger partial charge on any atom is 0.335 e. The first kappa shape index (κ1) is 23.0. The minimum Gasteiger partial charge on any atom is -0.478 e. The Morgan fingerprint density at radius 2 is 2.00 bits per heavy atom. The van der Waals surface area contributed by atoms with E-state index in [4.69, 9.17) is 5.11 Å². The highest BCUT2D eigenvalue weighted by Crippen LogP contribution is 2.34. The lowest BCUT2D eigenvalue weighted by Crippen LogP contribution is -2.37. The van der Waals surface area contributed by atoms with Crippen LogP contribution in [0.25, 0.3) is 0 Å². The van der Waals surface area contributed by atoms with Crippen LogP contribution < -0.4 is 0 Å². The second-order valence-electron chi connectivity index (χ2n) is 7.72. The summed E-state index contributed by atoms with van der Waals surface area (Å²) >= 11 is 0. The lowest BCUT2D eigenvalue weighted by molar-refractivity contribution is -0.148. The summed E-state index contributed by atoms with van der Waals surface area (Å²) in [5.41, 5.74) is 0.901. The smallest absolute Gasteiger partial charge is 0.335 e. The van der Waals surface area contributed by atoms with Gasteiger partial charge in [0.2, 0.25) is 0 Å². The van der Waals surface area contributed by atoms with E-state index in [9.17, 15) is 23.5 Å². The maximum atomic E-state index is 14.0. The number of rotatable bonds is 10. The summed E-state index contributed by atoms with van der Waals surface area (Å²) in [6.07, 6.45) is 4.88. The minimum atomic E-state index is -3.42. The summed E-state index contributed by atoms with van der Waals surface area (Å²) in [6, 6.07) is 5.36. The number of aliphatic hydroxyl groups excluding tert-OH is 1. The zero-order valence-corrected chi connectivity index (χ0v) is 16.9. The molecule has 29 heavy (non-hydrogen) atoms. The molecule has 0 spiro atoms. The number of carboxylic acids is 1. The second kappa shape index (κ2) is 9.96. The number of hydrogen-bond acceptors (Lipinski definition) is 3. The number of likely N-dealkylation sites (tertiary alicyclic amines) is 1. The third-order valence-electron chi connectivity index (χ3n) is 5.41. The van der Waals surface area contributed by atoms with Crippen LogP contribution in [0.4, 0.5) is 8.78 Å². The Bertz CT molecular complexity index is 733. The van der Waals surface area contributed by atoms with Crippen LogP contribution >= 0.6 is 0 Å². The largest absolute Gasteiger partial charge is 0.478 e. The van der Waals surface area contributed by atoms with E-state index in [2.05, 4.69) is 6.92 Å². The first-order valence-corrected chi connectivity index (χ1v) is 10.0. The molecule has 2 rings (SSSR count). The molecule has 1 unspecified atom stereocenters. The van der Waals surface area contributed by atoms with Crippen LogP contribution in [0.3, 0.4) is 0 Å². The normalized spacial score (nSPS) is 20.9. The van der Waals surface area contributed by atoms with Crippen LogP contribution in [-0.2, 0) is 11.2 Å². The summed E-state index contributed by atoms with van der Waals surface area (Å²) in [6.45, 7) is 4.07. The van der Waals surface area contributed by atoms with Crippen molar-refractivity contribution in [2.45, 2.75) is 64.0 Å². The van der Waals surface area contributed by atoms with E-state index >= 15 is 0 Å². The number of benzene rings is 1. The highest BCUT2D eigenvalue weighted by atomic mass is 19.3. The molecule has 1 fully saturated rings. The van der Waals surface area contributed by atoms with E-state index in [1.165, 1.54) is 24.3 Å². The number of hydrogen-bond donors (Lipinski definition) is 2. The van der Waals surface area contributed by atoms with E-state index < -0.39 is 36.4 Å². The maximum absolute atomic E-state index is 14.0. The molecule has 5 nitrogen and oxygen atoms in total. The summed E-state index contributed by atoms with van der Waals surface area (Å²) in [5, 5.41) is 19.2.